The number of nitrogens with one attached hydrogen (secondary N) is 1. The van der Waals surface area contributed by atoms with E-state index < -0.39 is 0 Å². The van der Waals surface area contributed by atoms with E-state index in [9.17, 15) is 4.79 Å². The van der Waals surface area contributed by atoms with Crippen LogP contribution >= 0.6 is 11.3 Å². The third-order valence-electron chi connectivity index (χ3n) is 4.27. The van der Waals surface area contributed by atoms with E-state index in [1.807, 2.05) is 18.2 Å². The van der Waals surface area contributed by atoms with Crippen molar-refractivity contribution in [2.45, 2.75) is 20.0 Å². The number of carbonyl (C=O) groups excluding carboxylic acids is 1. The average molecular weight is 375 g/mol. The summed E-state index contributed by atoms with van der Waals surface area (Å²) in [6.07, 6.45) is 0.975. The lowest BCUT2D eigenvalue weighted by Gasteiger charge is -2.26. The van der Waals surface area contributed by atoms with Crippen LogP contribution in [0.3, 0.4) is 0 Å². The molecule has 0 saturated carbocycles. The molecular weight excluding hydrogens is 350 g/mol. The predicted molar refractivity (Wildman–Crippen MR) is 102 cm³/mol. The Morgan fingerprint density at radius 1 is 1.38 bits per heavy atom. The van der Waals surface area contributed by atoms with Crippen molar-refractivity contribution in [1.29, 1.82) is 0 Å². The predicted octanol–water partition coefficient (Wildman–Crippen LogP) is 2.35. The monoisotopic (exact) mass is 375 g/mol. The van der Waals surface area contributed by atoms with Gasteiger partial charge in [0.05, 0.1) is 13.2 Å². The van der Waals surface area contributed by atoms with E-state index in [2.05, 4.69) is 28.2 Å². The Balaban J connectivity index is 1.43. The van der Waals surface area contributed by atoms with Crippen LogP contribution < -0.4 is 10.1 Å². The molecule has 0 unspecified atom stereocenters. The molecular formula is C19H25N3O3S. The summed E-state index contributed by atoms with van der Waals surface area (Å²) in [6.45, 7) is 7.33. The molecule has 3 rings (SSSR count). The number of aryl methyl sites for hydroxylation is 1. The number of hydrogen-bond donors (Lipinski definition) is 1. The van der Waals surface area contributed by atoms with E-state index in [4.69, 9.17) is 9.47 Å². The number of rotatable bonds is 8. The first-order valence-electron chi connectivity index (χ1n) is 8.99. The number of aromatic nitrogens is 1. The molecule has 0 radical (unpaired) electrons. The lowest BCUT2D eigenvalue weighted by Crippen LogP contribution is -2.41. The number of amides is 1. The Morgan fingerprint density at radius 2 is 2.23 bits per heavy atom. The lowest BCUT2D eigenvalue weighted by atomic mass is 10.2. The highest BCUT2D eigenvalue weighted by atomic mass is 32.1. The summed E-state index contributed by atoms with van der Waals surface area (Å²) in [4.78, 5) is 18.9. The molecule has 140 valence electrons. The molecule has 26 heavy (non-hydrogen) atoms. The molecule has 1 saturated heterocycles. The Hall–Kier alpha value is -1.96. The number of benzene rings is 1. The van der Waals surface area contributed by atoms with Crippen LogP contribution in [0.4, 0.5) is 0 Å². The van der Waals surface area contributed by atoms with Crippen molar-refractivity contribution in [1.82, 2.24) is 15.2 Å². The van der Waals surface area contributed by atoms with Gasteiger partial charge < -0.3 is 14.8 Å². The zero-order valence-electron chi connectivity index (χ0n) is 15.1. The molecule has 6 nitrogen and oxygen atoms in total. The third-order valence-corrected chi connectivity index (χ3v) is 5.09. The maximum atomic E-state index is 12.2. The maximum Gasteiger partial charge on any atom is 0.270 e. The molecule has 1 N–H and O–H groups in total. The van der Waals surface area contributed by atoms with Crippen LogP contribution in [0.2, 0.25) is 0 Å². The number of nitrogens with zero attached hydrogens (tertiary/aromatic N) is 2. The fourth-order valence-corrected chi connectivity index (χ4v) is 3.41. The molecule has 0 atom stereocenters. The van der Waals surface area contributed by atoms with Gasteiger partial charge in [-0.3, -0.25) is 9.69 Å². The number of hydrogen-bond acceptors (Lipinski definition) is 6. The van der Waals surface area contributed by atoms with Crippen molar-refractivity contribution in [3.8, 4) is 5.75 Å². The number of carbonyl (C=O) groups is 1. The van der Waals surface area contributed by atoms with Crippen LogP contribution in [0.25, 0.3) is 0 Å². The summed E-state index contributed by atoms with van der Waals surface area (Å²) in [6, 6.07) is 8.04. The lowest BCUT2D eigenvalue weighted by molar-refractivity contribution is 0.0383. The van der Waals surface area contributed by atoms with Gasteiger partial charge in [-0.2, -0.15) is 0 Å². The van der Waals surface area contributed by atoms with E-state index in [0.29, 0.717) is 18.8 Å². The third kappa shape index (κ3) is 5.52. The van der Waals surface area contributed by atoms with Gasteiger partial charge in [0.1, 0.15) is 23.1 Å². The minimum Gasteiger partial charge on any atom is -0.486 e. The molecule has 2 heterocycles. The van der Waals surface area contributed by atoms with Gasteiger partial charge in [0.25, 0.3) is 5.91 Å². The van der Waals surface area contributed by atoms with Gasteiger partial charge in [-0.1, -0.05) is 19.1 Å². The highest BCUT2D eigenvalue weighted by Crippen LogP contribution is 2.17. The SMILES string of the molecule is CCc1cccc(OCc2nc(C(=O)NCCN3CCOCC3)cs2)c1. The van der Waals surface area contributed by atoms with Crippen LogP contribution in [0.1, 0.15) is 28.0 Å². The molecule has 1 aliphatic rings. The highest BCUT2D eigenvalue weighted by Gasteiger charge is 2.13. The highest BCUT2D eigenvalue weighted by molar-refractivity contribution is 7.09. The minimum absolute atomic E-state index is 0.131. The minimum atomic E-state index is -0.131. The molecule has 0 bridgehead atoms. The number of morpholine rings is 1. The van der Waals surface area contributed by atoms with Crippen molar-refractivity contribution in [3.63, 3.8) is 0 Å². The molecule has 1 aromatic carbocycles. The van der Waals surface area contributed by atoms with Crippen LogP contribution in [0.15, 0.2) is 29.6 Å². The first kappa shape index (κ1) is 18.8. The van der Waals surface area contributed by atoms with Crippen molar-refractivity contribution < 1.29 is 14.3 Å². The van der Waals surface area contributed by atoms with Gasteiger partial charge in [0.15, 0.2) is 0 Å². The van der Waals surface area contributed by atoms with E-state index in [0.717, 1.165) is 50.0 Å². The van der Waals surface area contributed by atoms with Crippen LogP contribution in [-0.2, 0) is 17.8 Å². The van der Waals surface area contributed by atoms with Gasteiger partial charge in [0.2, 0.25) is 0 Å². The summed E-state index contributed by atoms with van der Waals surface area (Å²) < 4.78 is 11.1. The maximum absolute atomic E-state index is 12.2. The standard InChI is InChI=1S/C19H25N3O3S/c1-2-15-4-3-5-16(12-15)25-13-18-21-17(14-26-18)19(23)20-6-7-22-8-10-24-11-9-22/h3-5,12,14H,2,6-11,13H2,1H3,(H,20,23). The molecule has 0 aliphatic carbocycles. The molecule has 1 aromatic heterocycles. The molecule has 1 aliphatic heterocycles. The zero-order valence-corrected chi connectivity index (χ0v) is 15.9. The smallest absolute Gasteiger partial charge is 0.270 e. The normalized spacial score (nSPS) is 15.0. The van der Waals surface area contributed by atoms with Gasteiger partial charge in [-0.25, -0.2) is 4.98 Å². The van der Waals surface area contributed by atoms with Crippen LogP contribution in [-0.4, -0.2) is 55.2 Å². The second-order valence-electron chi connectivity index (χ2n) is 6.13. The van der Waals surface area contributed by atoms with Gasteiger partial charge >= 0.3 is 0 Å². The topological polar surface area (TPSA) is 63.7 Å². The second kappa shape index (κ2) is 9.66. The van der Waals surface area contributed by atoms with Crippen LogP contribution in [0, 0.1) is 0 Å². The number of ether oxygens (including phenoxy) is 2. The fraction of sp³-hybridized carbons (Fsp3) is 0.474. The summed E-state index contributed by atoms with van der Waals surface area (Å²) >= 11 is 1.44. The largest absolute Gasteiger partial charge is 0.486 e. The quantitative estimate of drug-likeness (QED) is 0.767. The summed E-state index contributed by atoms with van der Waals surface area (Å²) in [7, 11) is 0. The van der Waals surface area contributed by atoms with E-state index in [1.165, 1.54) is 16.9 Å². The zero-order chi connectivity index (χ0) is 18.2. The molecule has 1 fully saturated rings. The van der Waals surface area contributed by atoms with Crippen LogP contribution in [0.5, 0.6) is 5.75 Å². The Labute approximate surface area is 158 Å². The first-order valence-corrected chi connectivity index (χ1v) is 9.87. The van der Waals surface area contributed by atoms with Gasteiger partial charge in [-0.15, -0.1) is 11.3 Å². The van der Waals surface area contributed by atoms with Gasteiger partial charge in [0, 0.05) is 31.6 Å². The second-order valence-corrected chi connectivity index (χ2v) is 7.07. The van der Waals surface area contributed by atoms with Crippen molar-refractivity contribution >= 4 is 17.2 Å². The fourth-order valence-electron chi connectivity index (χ4n) is 2.72. The Kier molecular flexibility index (Phi) is 6.99. The van der Waals surface area contributed by atoms with E-state index >= 15 is 0 Å². The molecule has 1 amide bonds. The first-order chi connectivity index (χ1) is 12.7. The van der Waals surface area contributed by atoms with E-state index in [1.54, 1.807) is 5.38 Å². The van der Waals surface area contributed by atoms with Crippen molar-refractivity contribution in [2.75, 3.05) is 39.4 Å². The van der Waals surface area contributed by atoms with E-state index in [-0.39, 0.29) is 5.91 Å². The van der Waals surface area contributed by atoms with Crippen molar-refractivity contribution in [2.24, 2.45) is 0 Å². The summed E-state index contributed by atoms with van der Waals surface area (Å²) in [5.74, 6) is 0.699. The number of thiazole rings is 1. The Morgan fingerprint density at radius 3 is 3.04 bits per heavy atom. The average Bonchev–Trinajstić information content (AvgIpc) is 3.16. The summed E-state index contributed by atoms with van der Waals surface area (Å²) in [5.41, 5.74) is 1.69. The molecule has 7 heteroatoms. The van der Waals surface area contributed by atoms with Crippen molar-refractivity contribution in [3.05, 3.63) is 45.9 Å². The summed E-state index contributed by atoms with van der Waals surface area (Å²) in [5, 5.41) is 5.51. The van der Waals surface area contributed by atoms with Gasteiger partial charge in [-0.05, 0) is 24.1 Å². The Bertz CT molecular complexity index is 714. The molecule has 0 spiro atoms. The molecule has 2 aromatic rings.